The van der Waals surface area contributed by atoms with E-state index in [9.17, 15) is 13.2 Å². The zero-order valence-corrected chi connectivity index (χ0v) is 14.6. The Labute approximate surface area is 136 Å². The molecule has 1 amide bonds. The van der Waals surface area contributed by atoms with Crippen molar-refractivity contribution < 1.29 is 13.2 Å². The summed E-state index contributed by atoms with van der Waals surface area (Å²) in [5.41, 5.74) is 1.88. The average molecular weight is 342 g/mol. The summed E-state index contributed by atoms with van der Waals surface area (Å²) in [5.74, 6) is 2.01. The van der Waals surface area contributed by atoms with Crippen LogP contribution >= 0.6 is 11.8 Å². The first-order chi connectivity index (χ1) is 10.4. The molecule has 0 aromatic heterocycles. The molecular formula is C15H22N2O3S2. The van der Waals surface area contributed by atoms with E-state index in [1.165, 1.54) is 16.1 Å². The third-order valence-electron chi connectivity index (χ3n) is 3.67. The summed E-state index contributed by atoms with van der Waals surface area (Å²) in [6.45, 7) is 3.75. The highest BCUT2D eigenvalue weighted by atomic mass is 32.2. The van der Waals surface area contributed by atoms with Crippen molar-refractivity contribution in [1.82, 2.24) is 9.21 Å². The van der Waals surface area contributed by atoms with Crippen LogP contribution in [-0.4, -0.2) is 61.7 Å². The molecule has 1 heterocycles. The van der Waals surface area contributed by atoms with Gasteiger partial charge in [0.2, 0.25) is 10.0 Å². The van der Waals surface area contributed by atoms with Crippen LogP contribution in [0.2, 0.25) is 0 Å². The van der Waals surface area contributed by atoms with E-state index in [1.807, 2.05) is 36.0 Å². The van der Waals surface area contributed by atoms with E-state index in [1.54, 1.807) is 4.90 Å². The number of hydrogen-bond acceptors (Lipinski definition) is 4. The van der Waals surface area contributed by atoms with Crippen molar-refractivity contribution in [2.75, 3.05) is 38.2 Å². The SMILES string of the molecule is CCSCc1ccc(C(=O)N2CCN(S(C)(=O)=O)CC2)cc1. The fraction of sp³-hybridized carbons (Fsp3) is 0.533. The van der Waals surface area contributed by atoms with Crippen LogP contribution in [0.15, 0.2) is 24.3 Å². The first-order valence-electron chi connectivity index (χ1n) is 7.33. The second-order valence-corrected chi connectivity index (χ2v) is 8.55. The molecule has 0 radical (unpaired) electrons. The van der Waals surface area contributed by atoms with Crippen molar-refractivity contribution in [1.29, 1.82) is 0 Å². The summed E-state index contributed by atoms with van der Waals surface area (Å²) in [5, 5.41) is 0. The number of benzene rings is 1. The number of thioether (sulfide) groups is 1. The Kier molecular flexibility index (Phi) is 5.88. The summed E-state index contributed by atoms with van der Waals surface area (Å²) in [7, 11) is -3.16. The fourth-order valence-electron chi connectivity index (χ4n) is 2.37. The number of amides is 1. The lowest BCUT2D eigenvalue weighted by molar-refractivity contribution is 0.0698. The molecule has 122 valence electrons. The highest BCUT2D eigenvalue weighted by Gasteiger charge is 2.26. The van der Waals surface area contributed by atoms with E-state index in [2.05, 4.69) is 6.92 Å². The molecule has 2 rings (SSSR count). The van der Waals surface area contributed by atoms with Crippen LogP contribution in [0.1, 0.15) is 22.8 Å². The Hall–Kier alpha value is -1.05. The van der Waals surface area contributed by atoms with Gasteiger partial charge in [-0.15, -0.1) is 0 Å². The normalized spacial score (nSPS) is 16.7. The summed E-state index contributed by atoms with van der Waals surface area (Å²) >= 11 is 1.85. The Morgan fingerprint density at radius 3 is 2.23 bits per heavy atom. The first kappa shape index (κ1) is 17.3. The van der Waals surface area contributed by atoms with E-state index >= 15 is 0 Å². The van der Waals surface area contributed by atoms with Crippen LogP contribution in [0.25, 0.3) is 0 Å². The second-order valence-electron chi connectivity index (χ2n) is 5.29. The summed E-state index contributed by atoms with van der Waals surface area (Å²) in [6, 6.07) is 7.69. The average Bonchev–Trinajstić information content (AvgIpc) is 2.52. The highest BCUT2D eigenvalue weighted by Crippen LogP contribution is 2.15. The predicted molar refractivity (Wildman–Crippen MR) is 90.6 cm³/mol. The maximum atomic E-state index is 12.4. The molecule has 1 fully saturated rings. The van der Waals surface area contributed by atoms with Crippen molar-refractivity contribution >= 4 is 27.7 Å². The van der Waals surface area contributed by atoms with Gasteiger partial charge < -0.3 is 4.90 Å². The molecule has 0 saturated carbocycles. The van der Waals surface area contributed by atoms with E-state index in [0.717, 1.165) is 11.5 Å². The topological polar surface area (TPSA) is 57.7 Å². The third kappa shape index (κ3) is 4.47. The van der Waals surface area contributed by atoms with Crippen LogP contribution in [0, 0.1) is 0 Å². The minimum Gasteiger partial charge on any atom is -0.336 e. The Morgan fingerprint density at radius 1 is 1.14 bits per heavy atom. The molecule has 0 N–H and O–H groups in total. The molecule has 1 aromatic rings. The van der Waals surface area contributed by atoms with Crippen LogP contribution in [0.5, 0.6) is 0 Å². The van der Waals surface area contributed by atoms with Crippen LogP contribution in [0.4, 0.5) is 0 Å². The number of nitrogens with zero attached hydrogens (tertiary/aromatic N) is 2. The number of hydrogen-bond donors (Lipinski definition) is 0. The van der Waals surface area contributed by atoms with Gasteiger partial charge in [0, 0.05) is 37.5 Å². The van der Waals surface area contributed by atoms with E-state index in [-0.39, 0.29) is 5.91 Å². The van der Waals surface area contributed by atoms with E-state index in [4.69, 9.17) is 0 Å². The summed E-state index contributed by atoms with van der Waals surface area (Å²) < 4.78 is 24.4. The van der Waals surface area contributed by atoms with Gasteiger partial charge in [-0.25, -0.2) is 8.42 Å². The molecule has 0 atom stereocenters. The number of piperazine rings is 1. The van der Waals surface area contributed by atoms with Gasteiger partial charge in [-0.2, -0.15) is 16.1 Å². The standard InChI is InChI=1S/C15H22N2O3S2/c1-3-21-12-13-4-6-14(7-5-13)15(18)16-8-10-17(11-9-16)22(2,19)20/h4-7H,3,8-12H2,1-2H3. The monoisotopic (exact) mass is 342 g/mol. The smallest absolute Gasteiger partial charge is 0.253 e. The molecule has 1 aliphatic heterocycles. The quantitative estimate of drug-likeness (QED) is 0.816. The van der Waals surface area contributed by atoms with E-state index in [0.29, 0.717) is 31.7 Å². The second kappa shape index (κ2) is 7.48. The lowest BCUT2D eigenvalue weighted by Crippen LogP contribution is -2.50. The first-order valence-corrected chi connectivity index (χ1v) is 10.3. The zero-order valence-electron chi connectivity index (χ0n) is 13.0. The van der Waals surface area contributed by atoms with Gasteiger partial charge in [0.1, 0.15) is 0 Å². The third-order valence-corrected chi connectivity index (χ3v) is 5.92. The van der Waals surface area contributed by atoms with Crippen LogP contribution < -0.4 is 0 Å². The lowest BCUT2D eigenvalue weighted by Gasteiger charge is -2.33. The molecule has 0 unspecified atom stereocenters. The minimum absolute atomic E-state index is 0.0251. The van der Waals surface area contributed by atoms with Gasteiger partial charge in [0.05, 0.1) is 6.26 Å². The number of carbonyl (C=O) groups is 1. The van der Waals surface area contributed by atoms with Gasteiger partial charge in [0.25, 0.3) is 5.91 Å². The van der Waals surface area contributed by atoms with Gasteiger partial charge in [-0.05, 0) is 23.4 Å². The van der Waals surface area contributed by atoms with E-state index < -0.39 is 10.0 Å². The van der Waals surface area contributed by atoms with Crippen LogP contribution in [-0.2, 0) is 15.8 Å². The molecule has 0 aliphatic carbocycles. The molecule has 0 bridgehead atoms. The van der Waals surface area contributed by atoms with Gasteiger partial charge in [-0.1, -0.05) is 19.1 Å². The maximum absolute atomic E-state index is 12.4. The van der Waals surface area contributed by atoms with Crippen molar-refractivity contribution in [3.8, 4) is 0 Å². The molecule has 1 aromatic carbocycles. The lowest BCUT2D eigenvalue weighted by atomic mass is 10.1. The van der Waals surface area contributed by atoms with Crippen molar-refractivity contribution in [2.45, 2.75) is 12.7 Å². The molecule has 22 heavy (non-hydrogen) atoms. The molecule has 7 heteroatoms. The molecule has 1 saturated heterocycles. The van der Waals surface area contributed by atoms with Gasteiger partial charge in [0.15, 0.2) is 0 Å². The van der Waals surface area contributed by atoms with Crippen molar-refractivity contribution in [3.05, 3.63) is 35.4 Å². The maximum Gasteiger partial charge on any atom is 0.253 e. The van der Waals surface area contributed by atoms with Gasteiger partial charge >= 0.3 is 0 Å². The highest BCUT2D eigenvalue weighted by molar-refractivity contribution is 7.98. The Bertz CT molecular complexity index is 606. The predicted octanol–water partition coefficient (Wildman–Crippen LogP) is 1.66. The number of carbonyl (C=O) groups excluding carboxylic acids is 1. The Morgan fingerprint density at radius 2 is 1.73 bits per heavy atom. The molecular weight excluding hydrogens is 320 g/mol. The molecule has 5 nitrogen and oxygen atoms in total. The molecule has 0 spiro atoms. The van der Waals surface area contributed by atoms with Crippen molar-refractivity contribution in [3.63, 3.8) is 0 Å². The van der Waals surface area contributed by atoms with Crippen LogP contribution in [0.3, 0.4) is 0 Å². The Balaban J connectivity index is 1.95. The summed E-state index contributed by atoms with van der Waals surface area (Å²) in [6.07, 6.45) is 1.21. The summed E-state index contributed by atoms with van der Waals surface area (Å²) in [4.78, 5) is 14.2. The minimum atomic E-state index is -3.16. The fourth-order valence-corrected chi connectivity index (χ4v) is 3.83. The zero-order chi connectivity index (χ0) is 16.2. The number of rotatable bonds is 5. The van der Waals surface area contributed by atoms with Gasteiger partial charge in [-0.3, -0.25) is 4.79 Å². The molecule has 1 aliphatic rings. The number of sulfonamides is 1. The largest absolute Gasteiger partial charge is 0.336 e. The van der Waals surface area contributed by atoms with Crippen molar-refractivity contribution in [2.24, 2.45) is 0 Å².